The molecular weight excluding hydrogens is 278 g/mol. The lowest BCUT2D eigenvalue weighted by Gasteiger charge is -2.39. The minimum absolute atomic E-state index is 0.0822. The fourth-order valence-electron chi connectivity index (χ4n) is 3.32. The zero-order valence-electron chi connectivity index (χ0n) is 12.5. The number of amides is 1. The zero-order valence-corrected chi connectivity index (χ0v) is 12.5. The number of aromatic nitrogens is 2. The van der Waals surface area contributed by atoms with E-state index in [1.807, 2.05) is 31.2 Å². The number of fused-ring (bicyclic) bond motifs is 1. The summed E-state index contributed by atoms with van der Waals surface area (Å²) in [5.74, 6) is 0.407. The van der Waals surface area contributed by atoms with Crippen LogP contribution in [0.25, 0.3) is 11.3 Å². The van der Waals surface area contributed by atoms with Gasteiger partial charge in [-0.05, 0) is 25.8 Å². The molecular formula is C17H19N3O2. The van der Waals surface area contributed by atoms with E-state index in [2.05, 4.69) is 15.5 Å². The van der Waals surface area contributed by atoms with Crippen LogP contribution in [0.1, 0.15) is 28.9 Å². The van der Waals surface area contributed by atoms with Gasteiger partial charge in [-0.2, -0.15) is 5.10 Å². The lowest BCUT2D eigenvalue weighted by atomic mass is 9.76. The van der Waals surface area contributed by atoms with Crippen LogP contribution in [0.15, 0.2) is 30.3 Å². The third-order valence-electron chi connectivity index (χ3n) is 4.75. The summed E-state index contributed by atoms with van der Waals surface area (Å²) >= 11 is 0. The van der Waals surface area contributed by atoms with E-state index in [4.69, 9.17) is 4.74 Å². The van der Waals surface area contributed by atoms with Crippen molar-refractivity contribution >= 4 is 5.91 Å². The van der Waals surface area contributed by atoms with E-state index < -0.39 is 0 Å². The van der Waals surface area contributed by atoms with Crippen LogP contribution in [0.4, 0.5) is 0 Å². The van der Waals surface area contributed by atoms with Crippen molar-refractivity contribution in [2.75, 3.05) is 6.61 Å². The largest absolute Gasteiger partial charge is 0.378 e. The molecule has 0 bridgehead atoms. The highest BCUT2D eigenvalue weighted by molar-refractivity contribution is 5.93. The highest BCUT2D eigenvalue weighted by Gasteiger charge is 2.45. The van der Waals surface area contributed by atoms with E-state index in [0.717, 1.165) is 30.7 Å². The van der Waals surface area contributed by atoms with E-state index in [0.29, 0.717) is 17.7 Å². The Labute approximate surface area is 129 Å². The molecule has 0 unspecified atom stereocenters. The van der Waals surface area contributed by atoms with Crippen molar-refractivity contribution in [2.24, 2.45) is 5.92 Å². The molecule has 1 amide bonds. The van der Waals surface area contributed by atoms with Crippen molar-refractivity contribution in [1.29, 1.82) is 0 Å². The Balaban J connectivity index is 1.44. The minimum Gasteiger partial charge on any atom is -0.378 e. The number of aryl methyl sites for hydroxylation is 1. The Morgan fingerprint density at radius 1 is 1.36 bits per heavy atom. The van der Waals surface area contributed by atoms with Gasteiger partial charge in [0.15, 0.2) is 0 Å². The number of nitrogens with one attached hydrogen (secondary N) is 2. The van der Waals surface area contributed by atoms with Crippen molar-refractivity contribution in [1.82, 2.24) is 15.5 Å². The van der Waals surface area contributed by atoms with Gasteiger partial charge in [-0.1, -0.05) is 29.8 Å². The molecule has 2 aliphatic rings. The summed E-state index contributed by atoms with van der Waals surface area (Å²) in [7, 11) is 0. The summed E-state index contributed by atoms with van der Waals surface area (Å²) in [4.78, 5) is 12.3. The van der Waals surface area contributed by atoms with Crippen LogP contribution in [0.2, 0.25) is 0 Å². The number of benzene rings is 1. The molecule has 3 atom stereocenters. The van der Waals surface area contributed by atoms with Crippen LogP contribution in [0.3, 0.4) is 0 Å². The van der Waals surface area contributed by atoms with Crippen molar-refractivity contribution in [3.05, 3.63) is 41.6 Å². The van der Waals surface area contributed by atoms with Gasteiger partial charge in [0.25, 0.3) is 5.91 Å². The van der Waals surface area contributed by atoms with Gasteiger partial charge in [0.2, 0.25) is 0 Å². The molecule has 5 heteroatoms. The van der Waals surface area contributed by atoms with Crippen LogP contribution in [-0.2, 0) is 4.74 Å². The summed E-state index contributed by atoms with van der Waals surface area (Å²) in [6.07, 6.45) is 2.33. The number of hydrogen-bond donors (Lipinski definition) is 2. The molecule has 2 fully saturated rings. The molecule has 1 aromatic heterocycles. The number of aromatic amines is 1. The van der Waals surface area contributed by atoms with E-state index in [1.54, 1.807) is 6.07 Å². The molecule has 2 heterocycles. The Bertz CT molecular complexity index is 692. The quantitative estimate of drug-likeness (QED) is 0.913. The van der Waals surface area contributed by atoms with Gasteiger partial charge in [0.1, 0.15) is 5.69 Å². The lowest BCUT2D eigenvalue weighted by molar-refractivity contribution is 0.00802. The SMILES string of the molecule is Cc1ccc(-c2cc(C(=O)N[C@@H]3C[C@H]4OCC[C@@H]34)[nH]n2)cc1. The Morgan fingerprint density at radius 2 is 2.18 bits per heavy atom. The molecule has 1 aromatic carbocycles. The molecule has 4 rings (SSSR count). The van der Waals surface area contributed by atoms with Gasteiger partial charge in [-0.15, -0.1) is 0 Å². The standard InChI is InChI=1S/C17H19N3O2/c1-10-2-4-11(5-3-10)13-8-15(20-19-13)17(21)18-14-9-16-12(14)6-7-22-16/h2-5,8,12,14,16H,6-7,9H2,1H3,(H,18,21)(H,19,20)/t12-,14+,16+/m0/s1. The summed E-state index contributed by atoms with van der Waals surface area (Å²) in [5.41, 5.74) is 3.52. The Morgan fingerprint density at radius 3 is 2.95 bits per heavy atom. The predicted octanol–water partition coefficient (Wildman–Crippen LogP) is 2.29. The average molecular weight is 297 g/mol. The summed E-state index contributed by atoms with van der Waals surface area (Å²) in [5, 5.41) is 10.2. The third-order valence-corrected chi connectivity index (χ3v) is 4.75. The summed E-state index contributed by atoms with van der Waals surface area (Å²) < 4.78 is 5.57. The van der Waals surface area contributed by atoms with Crippen LogP contribution in [0.5, 0.6) is 0 Å². The molecule has 5 nitrogen and oxygen atoms in total. The van der Waals surface area contributed by atoms with Gasteiger partial charge < -0.3 is 10.1 Å². The zero-order chi connectivity index (χ0) is 15.1. The van der Waals surface area contributed by atoms with E-state index in [9.17, 15) is 4.79 Å². The van der Waals surface area contributed by atoms with Crippen LogP contribution in [-0.4, -0.2) is 34.9 Å². The molecule has 1 aliphatic heterocycles. The first-order chi connectivity index (χ1) is 10.7. The fourth-order valence-corrected chi connectivity index (χ4v) is 3.32. The molecule has 0 spiro atoms. The molecule has 0 radical (unpaired) electrons. The number of carbonyl (C=O) groups is 1. The van der Waals surface area contributed by atoms with Crippen molar-refractivity contribution < 1.29 is 9.53 Å². The highest BCUT2D eigenvalue weighted by atomic mass is 16.5. The molecule has 1 saturated carbocycles. The number of carbonyl (C=O) groups excluding carboxylic acids is 1. The smallest absolute Gasteiger partial charge is 0.269 e. The second kappa shape index (κ2) is 5.25. The van der Waals surface area contributed by atoms with Crippen LogP contribution >= 0.6 is 0 Å². The number of nitrogens with zero attached hydrogens (tertiary/aromatic N) is 1. The molecule has 1 saturated heterocycles. The van der Waals surface area contributed by atoms with E-state index in [-0.39, 0.29) is 11.9 Å². The molecule has 2 aromatic rings. The predicted molar refractivity (Wildman–Crippen MR) is 82.5 cm³/mol. The Hall–Kier alpha value is -2.14. The van der Waals surface area contributed by atoms with Crippen LogP contribution < -0.4 is 5.32 Å². The van der Waals surface area contributed by atoms with E-state index >= 15 is 0 Å². The van der Waals surface area contributed by atoms with Gasteiger partial charge >= 0.3 is 0 Å². The molecule has 114 valence electrons. The second-order valence-electron chi connectivity index (χ2n) is 6.21. The fraction of sp³-hybridized carbons (Fsp3) is 0.412. The number of ether oxygens (including phenoxy) is 1. The first kappa shape index (κ1) is 13.5. The molecule has 22 heavy (non-hydrogen) atoms. The average Bonchev–Trinajstić information content (AvgIpc) is 3.12. The summed E-state index contributed by atoms with van der Waals surface area (Å²) in [6.45, 7) is 2.87. The second-order valence-corrected chi connectivity index (χ2v) is 6.21. The topological polar surface area (TPSA) is 67.0 Å². The van der Waals surface area contributed by atoms with Crippen molar-refractivity contribution in [2.45, 2.75) is 31.9 Å². The Kier molecular flexibility index (Phi) is 3.22. The third kappa shape index (κ3) is 2.31. The normalized spacial score (nSPS) is 26.3. The van der Waals surface area contributed by atoms with Crippen LogP contribution in [0, 0.1) is 12.8 Å². The molecule has 1 aliphatic carbocycles. The highest BCUT2D eigenvalue weighted by Crippen LogP contribution is 2.38. The maximum absolute atomic E-state index is 12.3. The molecule has 2 N–H and O–H groups in total. The monoisotopic (exact) mass is 297 g/mol. The first-order valence-corrected chi connectivity index (χ1v) is 7.75. The van der Waals surface area contributed by atoms with E-state index in [1.165, 1.54) is 5.56 Å². The minimum atomic E-state index is -0.0822. The number of hydrogen-bond acceptors (Lipinski definition) is 3. The summed E-state index contributed by atoms with van der Waals surface area (Å²) in [6, 6.07) is 10.2. The van der Waals surface area contributed by atoms with Crippen molar-refractivity contribution in [3.63, 3.8) is 0 Å². The lowest BCUT2D eigenvalue weighted by Crippen LogP contribution is -2.53. The van der Waals surface area contributed by atoms with Gasteiger partial charge in [0, 0.05) is 24.1 Å². The maximum atomic E-state index is 12.3. The van der Waals surface area contributed by atoms with Gasteiger partial charge in [0.05, 0.1) is 11.8 Å². The van der Waals surface area contributed by atoms with Gasteiger partial charge in [-0.25, -0.2) is 0 Å². The number of H-pyrrole nitrogens is 1. The van der Waals surface area contributed by atoms with Crippen molar-refractivity contribution in [3.8, 4) is 11.3 Å². The first-order valence-electron chi connectivity index (χ1n) is 7.75. The number of rotatable bonds is 3. The van der Waals surface area contributed by atoms with Gasteiger partial charge in [-0.3, -0.25) is 9.89 Å². The maximum Gasteiger partial charge on any atom is 0.269 e.